The number of benzene rings is 1. The lowest BCUT2D eigenvalue weighted by Crippen LogP contribution is -2.37. The van der Waals surface area contributed by atoms with Crippen molar-refractivity contribution in [2.45, 2.75) is 12.5 Å². The Morgan fingerprint density at radius 3 is 3.00 bits per heavy atom. The molecule has 1 aliphatic rings. The molecule has 0 saturated carbocycles. The summed E-state index contributed by atoms with van der Waals surface area (Å²) in [7, 11) is 3.44. The fraction of sp³-hybridized carbons (Fsp3) is 0.500. The Morgan fingerprint density at radius 1 is 1.53 bits per heavy atom. The van der Waals surface area contributed by atoms with Crippen LogP contribution in [0.1, 0.15) is 5.56 Å². The average molecular weight is 284 g/mol. The Hall–Kier alpha value is -1.10. The lowest BCUT2D eigenvalue weighted by atomic mass is 9.93. The number of nitrogens with one attached hydrogen (secondary N) is 1. The predicted molar refractivity (Wildman–Crippen MR) is 73.9 cm³/mol. The first-order valence-electron chi connectivity index (χ1n) is 6.26. The van der Waals surface area contributed by atoms with Crippen molar-refractivity contribution in [3.8, 4) is 5.75 Å². The summed E-state index contributed by atoms with van der Waals surface area (Å²) in [4.78, 5) is 12.3. The summed E-state index contributed by atoms with van der Waals surface area (Å²) < 4.78 is 10.6. The maximum atomic E-state index is 12.3. The molecule has 2 atom stereocenters. The predicted octanol–water partition coefficient (Wildman–Crippen LogP) is 1.69. The number of rotatable bonds is 5. The normalized spacial score (nSPS) is 22.5. The van der Waals surface area contributed by atoms with Crippen molar-refractivity contribution < 1.29 is 14.3 Å². The van der Waals surface area contributed by atoms with Crippen LogP contribution in [0.2, 0.25) is 5.02 Å². The van der Waals surface area contributed by atoms with Gasteiger partial charge >= 0.3 is 0 Å². The summed E-state index contributed by atoms with van der Waals surface area (Å²) >= 11 is 5.97. The Labute approximate surface area is 118 Å². The number of ether oxygens (including phenoxy) is 2. The maximum Gasteiger partial charge on any atom is 0.144 e. The highest BCUT2D eigenvalue weighted by atomic mass is 35.5. The number of likely N-dealkylation sites (N-methyl/N-ethyl adjacent to an activating group) is 1. The molecule has 2 rings (SSSR count). The highest BCUT2D eigenvalue weighted by Crippen LogP contribution is 2.25. The molecule has 0 bridgehead atoms. The Balaban J connectivity index is 2.12. The molecule has 1 aliphatic heterocycles. The van der Waals surface area contributed by atoms with Crippen molar-refractivity contribution >= 4 is 17.4 Å². The van der Waals surface area contributed by atoms with Crippen molar-refractivity contribution in [2.24, 2.45) is 5.92 Å². The molecular formula is C14H18ClNO3. The third kappa shape index (κ3) is 3.26. The van der Waals surface area contributed by atoms with Crippen LogP contribution in [0.5, 0.6) is 5.75 Å². The number of methoxy groups -OCH3 is 1. The second-order valence-electron chi connectivity index (χ2n) is 4.64. The van der Waals surface area contributed by atoms with Gasteiger partial charge in [0.1, 0.15) is 11.5 Å². The van der Waals surface area contributed by atoms with Gasteiger partial charge in [0, 0.05) is 23.0 Å². The molecular weight excluding hydrogens is 266 g/mol. The zero-order valence-electron chi connectivity index (χ0n) is 11.1. The number of hydrogen-bond donors (Lipinski definition) is 1. The van der Waals surface area contributed by atoms with Gasteiger partial charge in [0.25, 0.3) is 0 Å². The summed E-state index contributed by atoms with van der Waals surface area (Å²) in [6.07, 6.45) is 0.315. The van der Waals surface area contributed by atoms with E-state index in [9.17, 15) is 4.79 Å². The van der Waals surface area contributed by atoms with Gasteiger partial charge in [-0.1, -0.05) is 11.6 Å². The van der Waals surface area contributed by atoms with Crippen LogP contribution in [0.4, 0.5) is 0 Å². The molecule has 1 heterocycles. The summed E-state index contributed by atoms with van der Waals surface area (Å²) in [5.74, 6) is 0.740. The van der Waals surface area contributed by atoms with Crippen molar-refractivity contribution in [3.63, 3.8) is 0 Å². The molecule has 0 aromatic heterocycles. The molecule has 4 nitrogen and oxygen atoms in total. The first-order valence-corrected chi connectivity index (χ1v) is 6.63. The Kier molecular flexibility index (Phi) is 4.80. The second-order valence-corrected chi connectivity index (χ2v) is 5.07. The van der Waals surface area contributed by atoms with Crippen LogP contribution in [0.15, 0.2) is 18.2 Å². The average Bonchev–Trinajstić information content (AvgIpc) is 2.87. The highest BCUT2D eigenvalue weighted by molar-refractivity contribution is 6.30. The van der Waals surface area contributed by atoms with Crippen LogP contribution < -0.4 is 10.1 Å². The van der Waals surface area contributed by atoms with Crippen LogP contribution >= 0.6 is 11.6 Å². The molecule has 5 heteroatoms. The quantitative estimate of drug-likeness (QED) is 0.893. The lowest BCUT2D eigenvalue weighted by molar-refractivity contribution is -0.122. The summed E-state index contributed by atoms with van der Waals surface area (Å²) in [6.45, 7) is 1.06. The molecule has 104 valence electrons. The van der Waals surface area contributed by atoms with Gasteiger partial charge in [0.15, 0.2) is 0 Å². The molecule has 1 aromatic carbocycles. The maximum absolute atomic E-state index is 12.3. The number of ketones is 1. The number of Topliss-reactive ketones (excluding diaryl/α,β-unsaturated/α-hetero) is 1. The van der Waals surface area contributed by atoms with E-state index in [-0.39, 0.29) is 17.7 Å². The smallest absolute Gasteiger partial charge is 0.144 e. The largest absolute Gasteiger partial charge is 0.496 e. The fourth-order valence-electron chi connectivity index (χ4n) is 2.36. The summed E-state index contributed by atoms with van der Waals surface area (Å²) in [6, 6.07) is 5.41. The second kappa shape index (κ2) is 6.37. The van der Waals surface area contributed by atoms with Crippen LogP contribution in [-0.2, 0) is 16.0 Å². The molecule has 0 radical (unpaired) electrons. The first kappa shape index (κ1) is 14.3. The third-order valence-corrected chi connectivity index (χ3v) is 3.71. The van der Waals surface area contributed by atoms with Gasteiger partial charge in [-0.15, -0.1) is 0 Å². The number of carbonyl (C=O) groups is 1. The minimum Gasteiger partial charge on any atom is -0.496 e. The Morgan fingerprint density at radius 2 is 2.32 bits per heavy atom. The molecule has 1 aromatic rings. The lowest BCUT2D eigenvalue weighted by Gasteiger charge is -2.16. The number of halogens is 1. The van der Waals surface area contributed by atoms with Gasteiger partial charge in [-0.3, -0.25) is 4.79 Å². The van der Waals surface area contributed by atoms with E-state index in [0.29, 0.717) is 30.4 Å². The van der Waals surface area contributed by atoms with E-state index in [1.165, 1.54) is 0 Å². The zero-order valence-corrected chi connectivity index (χ0v) is 11.9. The molecule has 1 fully saturated rings. The van der Waals surface area contributed by atoms with Crippen LogP contribution in [0, 0.1) is 5.92 Å². The van der Waals surface area contributed by atoms with E-state index < -0.39 is 0 Å². The van der Waals surface area contributed by atoms with Crippen molar-refractivity contribution in [2.75, 3.05) is 27.4 Å². The van der Waals surface area contributed by atoms with Crippen LogP contribution in [-0.4, -0.2) is 39.2 Å². The molecule has 2 unspecified atom stereocenters. The summed E-state index contributed by atoms with van der Waals surface area (Å²) in [5, 5.41) is 3.73. The molecule has 1 N–H and O–H groups in total. The van der Waals surface area contributed by atoms with Crippen LogP contribution in [0.25, 0.3) is 0 Å². The van der Waals surface area contributed by atoms with E-state index in [1.54, 1.807) is 25.3 Å². The molecule has 19 heavy (non-hydrogen) atoms. The fourth-order valence-corrected chi connectivity index (χ4v) is 2.55. The number of carbonyl (C=O) groups excluding carboxylic acids is 1. The van der Waals surface area contributed by atoms with Gasteiger partial charge in [-0.2, -0.15) is 0 Å². The zero-order chi connectivity index (χ0) is 13.8. The van der Waals surface area contributed by atoms with Gasteiger partial charge < -0.3 is 14.8 Å². The van der Waals surface area contributed by atoms with E-state index >= 15 is 0 Å². The standard InChI is InChI=1S/C14H18ClNO3/c1-16-12-8-19-7-11(12)13(17)6-9-5-10(15)3-4-14(9)18-2/h3-5,11-12,16H,6-8H2,1-2H3. The van der Waals surface area contributed by atoms with Gasteiger partial charge in [0.2, 0.25) is 0 Å². The Bertz CT molecular complexity index is 464. The van der Waals surface area contributed by atoms with E-state index in [4.69, 9.17) is 21.1 Å². The minimum absolute atomic E-state index is 0.0951. The molecule has 0 aliphatic carbocycles. The third-order valence-electron chi connectivity index (χ3n) is 3.47. The van der Waals surface area contributed by atoms with Crippen molar-refractivity contribution in [1.29, 1.82) is 0 Å². The van der Waals surface area contributed by atoms with Gasteiger partial charge in [-0.25, -0.2) is 0 Å². The van der Waals surface area contributed by atoms with E-state index in [2.05, 4.69) is 5.32 Å². The molecule has 0 amide bonds. The highest BCUT2D eigenvalue weighted by Gasteiger charge is 2.32. The van der Waals surface area contributed by atoms with E-state index in [1.807, 2.05) is 7.05 Å². The topological polar surface area (TPSA) is 47.6 Å². The minimum atomic E-state index is -0.103. The van der Waals surface area contributed by atoms with Gasteiger partial charge in [0.05, 0.1) is 26.2 Å². The van der Waals surface area contributed by atoms with Crippen LogP contribution in [0.3, 0.4) is 0 Å². The molecule has 1 saturated heterocycles. The number of hydrogen-bond acceptors (Lipinski definition) is 4. The van der Waals surface area contributed by atoms with Crippen molar-refractivity contribution in [1.82, 2.24) is 5.32 Å². The van der Waals surface area contributed by atoms with E-state index in [0.717, 1.165) is 5.56 Å². The monoisotopic (exact) mass is 283 g/mol. The summed E-state index contributed by atoms with van der Waals surface area (Å²) in [5.41, 5.74) is 0.821. The molecule has 0 spiro atoms. The van der Waals surface area contributed by atoms with Gasteiger partial charge in [-0.05, 0) is 25.2 Å². The SMILES string of the molecule is CNC1COCC1C(=O)Cc1cc(Cl)ccc1OC. The first-order chi connectivity index (χ1) is 9.15. The van der Waals surface area contributed by atoms with Crippen molar-refractivity contribution in [3.05, 3.63) is 28.8 Å².